The summed E-state index contributed by atoms with van der Waals surface area (Å²) in [6, 6.07) is 8.82. The molecule has 2 aromatic rings. The van der Waals surface area contributed by atoms with Crippen molar-refractivity contribution in [1.82, 2.24) is 15.6 Å². The lowest BCUT2D eigenvalue weighted by Gasteiger charge is -2.18. The van der Waals surface area contributed by atoms with Gasteiger partial charge in [-0.15, -0.1) is 0 Å². The third kappa shape index (κ3) is 3.53. The third-order valence-electron chi connectivity index (χ3n) is 5.30. The molecule has 1 unspecified atom stereocenters. The van der Waals surface area contributed by atoms with E-state index >= 15 is 0 Å². The third-order valence-corrected chi connectivity index (χ3v) is 6.80. The molecular formula is C19H21N3O4S. The van der Waals surface area contributed by atoms with Gasteiger partial charge < -0.3 is 20.8 Å². The van der Waals surface area contributed by atoms with Crippen LogP contribution in [0.5, 0.6) is 5.75 Å². The Labute approximate surface area is 160 Å². The van der Waals surface area contributed by atoms with Crippen molar-refractivity contribution < 1.29 is 19.8 Å². The lowest BCUT2D eigenvalue weighted by Crippen LogP contribution is -2.36. The molecule has 4 rings (SSSR count). The molecule has 4 N–H and O–H groups in total. The maximum atomic E-state index is 11.8. The highest BCUT2D eigenvalue weighted by Gasteiger charge is 2.42. The summed E-state index contributed by atoms with van der Waals surface area (Å²) in [5.41, 5.74) is 0.888. The summed E-state index contributed by atoms with van der Waals surface area (Å²) < 4.78 is 0. The fraction of sp³-hybridized carbons (Fsp3) is 0.421. The average Bonchev–Trinajstić information content (AvgIpc) is 3.18. The summed E-state index contributed by atoms with van der Waals surface area (Å²) in [5.74, 6) is -0.684. The number of phenols is 1. The van der Waals surface area contributed by atoms with Gasteiger partial charge in [0.15, 0.2) is 0 Å². The Bertz CT molecular complexity index is 890. The molecule has 3 heterocycles. The number of pyridine rings is 1. The highest BCUT2D eigenvalue weighted by Crippen LogP contribution is 2.34. The van der Waals surface area contributed by atoms with Crippen LogP contribution in [0, 0.1) is 0 Å². The topological polar surface area (TPSA) is 112 Å². The van der Waals surface area contributed by atoms with E-state index in [0.29, 0.717) is 22.9 Å². The van der Waals surface area contributed by atoms with Crippen LogP contribution in [0.2, 0.25) is 0 Å². The second kappa shape index (κ2) is 7.26. The van der Waals surface area contributed by atoms with E-state index in [1.54, 1.807) is 24.3 Å². The van der Waals surface area contributed by atoms with Crippen LogP contribution in [0.4, 0.5) is 4.79 Å². The molecule has 2 fully saturated rings. The van der Waals surface area contributed by atoms with Crippen LogP contribution in [0.25, 0.3) is 10.9 Å². The number of nitrogens with zero attached hydrogens (tertiary/aromatic N) is 1. The van der Waals surface area contributed by atoms with Gasteiger partial charge >= 0.3 is 12.0 Å². The van der Waals surface area contributed by atoms with Gasteiger partial charge in [-0.1, -0.05) is 24.6 Å². The van der Waals surface area contributed by atoms with Crippen LogP contribution in [-0.2, 0) is 4.79 Å². The molecule has 7 nitrogen and oxygen atoms in total. The lowest BCUT2D eigenvalue weighted by molar-refractivity contribution is -0.139. The summed E-state index contributed by atoms with van der Waals surface area (Å²) in [5, 5.41) is 26.6. The fourth-order valence-electron chi connectivity index (χ4n) is 3.90. The highest BCUT2D eigenvalue weighted by atomic mass is 32.2. The average molecular weight is 387 g/mol. The van der Waals surface area contributed by atoms with E-state index in [2.05, 4.69) is 15.6 Å². The molecule has 0 aliphatic carbocycles. The number of carboxylic acids is 1. The number of rotatable bonds is 6. The first-order valence-corrected chi connectivity index (χ1v) is 10.1. The number of aromatic nitrogens is 1. The molecule has 4 atom stereocenters. The van der Waals surface area contributed by atoms with Crippen molar-refractivity contribution in [2.45, 2.75) is 42.5 Å². The number of carbonyl (C=O) groups is 2. The Morgan fingerprint density at radius 1 is 1.30 bits per heavy atom. The molecule has 2 aliphatic rings. The molecule has 2 aliphatic heterocycles. The number of carboxylic acid groups (broad SMARTS) is 1. The largest absolute Gasteiger partial charge is 0.506 e. The van der Waals surface area contributed by atoms with Crippen LogP contribution >= 0.6 is 11.8 Å². The summed E-state index contributed by atoms with van der Waals surface area (Å²) in [4.78, 5) is 27.7. The maximum absolute atomic E-state index is 11.8. The van der Waals surface area contributed by atoms with Gasteiger partial charge in [0.05, 0.1) is 23.7 Å². The highest BCUT2D eigenvalue weighted by molar-refractivity contribution is 8.00. The zero-order valence-corrected chi connectivity index (χ0v) is 15.4. The number of fused-ring (bicyclic) bond motifs is 2. The van der Waals surface area contributed by atoms with Crippen LogP contribution in [0.15, 0.2) is 30.3 Å². The number of hydrogen-bond donors (Lipinski definition) is 4. The van der Waals surface area contributed by atoms with Crippen LogP contribution in [0.1, 0.15) is 30.9 Å². The molecule has 27 heavy (non-hydrogen) atoms. The summed E-state index contributed by atoms with van der Waals surface area (Å²) in [6.45, 7) is 0. The number of aromatic hydroxyl groups is 1. The van der Waals surface area contributed by atoms with Gasteiger partial charge in [-0.05, 0) is 25.0 Å². The molecule has 2 saturated heterocycles. The van der Waals surface area contributed by atoms with E-state index in [9.17, 15) is 19.8 Å². The number of carbonyl (C=O) groups excluding carboxylic acids is 1. The minimum absolute atomic E-state index is 0.0522. The van der Waals surface area contributed by atoms with E-state index in [0.717, 1.165) is 24.0 Å². The number of benzene rings is 1. The van der Waals surface area contributed by atoms with Crippen molar-refractivity contribution >= 4 is 34.7 Å². The van der Waals surface area contributed by atoms with Crippen molar-refractivity contribution in [2.75, 3.05) is 5.75 Å². The van der Waals surface area contributed by atoms with Gasteiger partial charge in [-0.3, -0.25) is 4.79 Å². The molecule has 0 saturated carbocycles. The fourth-order valence-corrected chi connectivity index (χ4v) is 5.45. The smallest absolute Gasteiger partial charge is 0.315 e. The number of hydrogen-bond acceptors (Lipinski definition) is 5. The van der Waals surface area contributed by atoms with Crippen molar-refractivity contribution in [2.24, 2.45) is 0 Å². The Balaban J connectivity index is 1.44. The van der Waals surface area contributed by atoms with Gasteiger partial charge in [-0.2, -0.15) is 11.8 Å². The van der Waals surface area contributed by atoms with Gasteiger partial charge in [-0.25, -0.2) is 9.78 Å². The second-order valence-electron chi connectivity index (χ2n) is 7.03. The van der Waals surface area contributed by atoms with E-state index in [1.165, 1.54) is 0 Å². The number of thioether (sulfide) groups is 1. The van der Waals surface area contributed by atoms with Crippen molar-refractivity contribution in [3.8, 4) is 5.75 Å². The Hall–Kier alpha value is -2.48. The molecule has 1 aromatic carbocycles. The first-order chi connectivity index (χ1) is 13.0. The minimum Gasteiger partial charge on any atom is -0.506 e. The Morgan fingerprint density at radius 2 is 2.15 bits per heavy atom. The lowest BCUT2D eigenvalue weighted by atomic mass is 9.95. The van der Waals surface area contributed by atoms with Crippen LogP contribution in [-0.4, -0.2) is 50.3 Å². The number of nitrogens with one attached hydrogen (secondary N) is 2. The molecule has 2 amide bonds. The van der Waals surface area contributed by atoms with E-state index < -0.39 is 11.9 Å². The Kier molecular flexibility index (Phi) is 4.82. The van der Waals surface area contributed by atoms with Crippen LogP contribution in [0.3, 0.4) is 0 Å². The van der Waals surface area contributed by atoms with Gasteiger partial charge in [0.25, 0.3) is 0 Å². The predicted molar refractivity (Wildman–Crippen MR) is 103 cm³/mol. The van der Waals surface area contributed by atoms with E-state index in [-0.39, 0.29) is 23.9 Å². The molecular weight excluding hydrogens is 366 g/mol. The number of aliphatic carboxylic acids is 1. The molecule has 0 spiro atoms. The number of phenolic OH excluding ortho intramolecular Hbond substituents is 1. The number of amides is 2. The van der Waals surface area contributed by atoms with Gasteiger partial charge in [0, 0.05) is 16.4 Å². The van der Waals surface area contributed by atoms with Gasteiger partial charge in [0.2, 0.25) is 0 Å². The maximum Gasteiger partial charge on any atom is 0.315 e. The van der Waals surface area contributed by atoms with Crippen molar-refractivity contribution in [1.29, 1.82) is 0 Å². The molecule has 0 bridgehead atoms. The monoisotopic (exact) mass is 387 g/mol. The molecule has 8 heteroatoms. The molecule has 142 valence electrons. The van der Waals surface area contributed by atoms with E-state index in [1.807, 2.05) is 17.8 Å². The zero-order chi connectivity index (χ0) is 19.0. The second-order valence-corrected chi connectivity index (χ2v) is 8.30. The normalized spacial score (nSPS) is 25.0. The summed E-state index contributed by atoms with van der Waals surface area (Å²) in [7, 11) is 0. The number of para-hydroxylation sites is 1. The van der Waals surface area contributed by atoms with E-state index in [4.69, 9.17) is 0 Å². The molecule has 0 radical (unpaired) electrons. The first-order valence-electron chi connectivity index (χ1n) is 9.03. The SMILES string of the molecule is O=C1N[C@H]2[C@H](CS[C@H]2CCCC(C(=O)O)c2ccc3cccc(O)c3n2)N1. The van der Waals surface area contributed by atoms with Crippen molar-refractivity contribution in [3.05, 3.63) is 36.0 Å². The number of urea groups is 1. The van der Waals surface area contributed by atoms with Crippen molar-refractivity contribution in [3.63, 3.8) is 0 Å². The van der Waals surface area contributed by atoms with Crippen LogP contribution < -0.4 is 10.6 Å². The standard InChI is InChI=1S/C19H21N3O4S/c23-14-5-1-3-10-7-8-12(20-16(10)14)11(18(24)25)4-2-6-15-17-13(9-27-15)21-19(26)22-17/h1,3,5,7-8,11,13,15,17,23H,2,4,6,9H2,(H,24,25)(H2,21,22,26)/t11?,13-,15-,17-/m0/s1. The minimum atomic E-state index is -0.912. The summed E-state index contributed by atoms with van der Waals surface area (Å²) in [6.07, 6.45) is 2.04. The zero-order valence-electron chi connectivity index (χ0n) is 14.6. The van der Waals surface area contributed by atoms with Gasteiger partial charge in [0.1, 0.15) is 11.3 Å². The molecule has 1 aromatic heterocycles. The quantitative estimate of drug-likeness (QED) is 0.567. The predicted octanol–water partition coefficient (Wildman–Crippen LogP) is 2.44. The first kappa shape index (κ1) is 17.9. The Morgan fingerprint density at radius 3 is 2.96 bits per heavy atom. The summed E-state index contributed by atoms with van der Waals surface area (Å²) >= 11 is 1.82.